The maximum atomic E-state index is 5.90. The number of hydrogen-bond acceptors (Lipinski definition) is 5. The van der Waals surface area contributed by atoms with Gasteiger partial charge in [0.05, 0.1) is 6.61 Å². The SMILES string of the molecule is NC1CCC(c2nc(CCOc3ccccc3)no2)C1. The number of aromatic nitrogens is 2. The molecule has 20 heavy (non-hydrogen) atoms. The molecule has 1 heterocycles. The quantitative estimate of drug-likeness (QED) is 0.904. The van der Waals surface area contributed by atoms with Gasteiger partial charge >= 0.3 is 0 Å². The Bertz CT molecular complexity index is 541. The van der Waals surface area contributed by atoms with Crippen LogP contribution in [0.2, 0.25) is 0 Å². The average molecular weight is 273 g/mol. The minimum Gasteiger partial charge on any atom is -0.493 e. The topological polar surface area (TPSA) is 74.2 Å². The van der Waals surface area contributed by atoms with Crippen LogP contribution in [0.15, 0.2) is 34.9 Å². The minimum absolute atomic E-state index is 0.275. The zero-order valence-electron chi connectivity index (χ0n) is 11.4. The van der Waals surface area contributed by atoms with Gasteiger partial charge in [-0.2, -0.15) is 4.98 Å². The van der Waals surface area contributed by atoms with Crippen LogP contribution in [-0.2, 0) is 6.42 Å². The normalized spacial score (nSPS) is 22.1. The third-order valence-electron chi connectivity index (χ3n) is 3.64. The van der Waals surface area contributed by atoms with E-state index < -0.39 is 0 Å². The summed E-state index contributed by atoms with van der Waals surface area (Å²) in [5, 5.41) is 4.01. The minimum atomic E-state index is 0.275. The van der Waals surface area contributed by atoms with Crippen LogP contribution in [0.3, 0.4) is 0 Å². The summed E-state index contributed by atoms with van der Waals surface area (Å²) in [6.45, 7) is 0.549. The molecule has 1 fully saturated rings. The molecule has 0 saturated heterocycles. The Labute approximate surface area is 118 Å². The highest BCUT2D eigenvalue weighted by Gasteiger charge is 2.27. The van der Waals surface area contributed by atoms with Crippen molar-refractivity contribution < 1.29 is 9.26 Å². The molecule has 5 heteroatoms. The lowest BCUT2D eigenvalue weighted by Gasteiger charge is -2.03. The van der Waals surface area contributed by atoms with E-state index in [0.29, 0.717) is 24.8 Å². The van der Waals surface area contributed by atoms with Crippen LogP contribution in [0.25, 0.3) is 0 Å². The van der Waals surface area contributed by atoms with Gasteiger partial charge < -0.3 is 15.0 Å². The van der Waals surface area contributed by atoms with E-state index in [1.807, 2.05) is 30.3 Å². The van der Waals surface area contributed by atoms with E-state index in [1.165, 1.54) is 0 Å². The van der Waals surface area contributed by atoms with Crippen LogP contribution in [-0.4, -0.2) is 22.8 Å². The molecule has 0 amide bonds. The molecule has 0 spiro atoms. The maximum Gasteiger partial charge on any atom is 0.229 e. The van der Waals surface area contributed by atoms with E-state index in [0.717, 1.165) is 30.9 Å². The van der Waals surface area contributed by atoms with E-state index in [9.17, 15) is 0 Å². The van der Waals surface area contributed by atoms with E-state index >= 15 is 0 Å². The molecule has 1 aromatic carbocycles. The van der Waals surface area contributed by atoms with Crippen molar-refractivity contribution in [3.63, 3.8) is 0 Å². The fourth-order valence-electron chi connectivity index (χ4n) is 2.55. The Morgan fingerprint density at radius 3 is 2.85 bits per heavy atom. The lowest BCUT2D eigenvalue weighted by atomic mass is 10.1. The van der Waals surface area contributed by atoms with Crippen LogP contribution in [0, 0.1) is 0 Å². The number of benzene rings is 1. The molecule has 2 unspecified atom stereocenters. The number of nitrogens with zero attached hydrogens (tertiary/aromatic N) is 2. The monoisotopic (exact) mass is 273 g/mol. The second-order valence-corrected chi connectivity index (χ2v) is 5.23. The van der Waals surface area contributed by atoms with Crippen molar-refractivity contribution in [3.05, 3.63) is 42.0 Å². The van der Waals surface area contributed by atoms with E-state index in [1.54, 1.807) is 0 Å². The molecule has 1 saturated carbocycles. The van der Waals surface area contributed by atoms with Gasteiger partial charge in [0.25, 0.3) is 0 Å². The second-order valence-electron chi connectivity index (χ2n) is 5.23. The Morgan fingerprint density at radius 2 is 2.10 bits per heavy atom. The first-order chi connectivity index (χ1) is 9.81. The van der Waals surface area contributed by atoms with Crippen molar-refractivity contribution >= 4 is 0 Å². The molecule has 5 nitrogen and oxygen atoms in total. The highest BCUT2D eigenvalue weighted by molar-refractivity contribution is 5.20. The number of rotatable bonds is 5. The summed E-state index contributed by atoms with van der Waals surface area (Å²) in [6.07, 6.45) is 3.68. The van der Waals surface area contributed by atoms with Gasteiger partial charge in [-0.15, -0.1) is 0 Å². The highest BCUT2D eigenvalue weighted by atomic mass is 16.5. The molecule has 106 valence electrons. The van der Waals surface area contributed by atoms with Crippen molar-refractivity contribution in [1.82, 2.24) is 10.1 Å². The highest BCUT2D eigenvalue weighted by Crippen LogP contribution is 2.32. The molecule has 2 N–H and O–H groups in total. The second kappa shape index (κ2) is 6.05. The van der Waals surface area contributed by atoms with Gasteiger partial charge in [-0.1, -0.05) is 23.4 Å². The third-order valence-corrected chi connectivity index (χ3v) is 3.64. The van der Waals surface area contributed by atoms with Crippen molar-refractivity contribution in [3.8, 4) is 5.75 Å². The number of nitrogens with two attached hydrogens (primary N) is 1. The number of hydrogen-bond donors (Lipinski definition) is 1. The lowest BCUT2D eigenvalue weighted by molar-refractivity contribution is 0.312. The zero-order chi connectivity index (χ0) is 13.8. The van der Waals surface area contributed by atoms with Gasteiger partial charge in [0.2, 0.25) is 5.89 Å². The summed E-state index contributed by atoms with van der Waals surface area (Å²) < 4.78 is 10.9. The summed E-state index contributed by atoms with van der Waals surface area (Å²) in [4.78, 5) is 4.44. The molecule has 1 aliphatic carbocycles. The predicted octanol–water partition coefficient (Wildman–Crippen LogP) is 2.29. The zero-order valence-corrected chi connectivity index (χ0v) is 11.4. The number of para-hydroxylation sites is 1. The van der Waals surface area contributed by atoms with Gasteiger partial charge in [-0.05, 0) is 31.4 Å². The predicted molar refractivity (Wildman–Crippen MR) is 74.5 cm³/mol. The first-order valence-electron chi connectivity index (χ1n) is 7.07. The summed E-state index contributed by atoms with van der Waals surface area (Å²) in [7, 11) is 0. The molecular weight excluding hydrogens is 254 g/mol. The van der Waals surface area contributed by atoms with E-state index in [2.05, 4.69) is 10.1 Å². The molecule has 0 aliphatic heterocycles. The number of ether oxygens (including phenoxy) is 1. The molecule has 1 aliphatic rings. The van der Waals surface area contributed by atoms with Crippen molar-refractivity contribution in [2.24, 2.45) is 5.73 Å². The Kier molecular flexibility index (Phi) is 3.97. The summed E-state index contributed by atoms with van der Waals surface area (Å²) in [5.41, 5.74) is 5.90. The van der Waals surface area contributed by atoms with Gasteiger partial charge in [-0.3, -0.25) is 0 Å². The van der Waals surface area contributed by atoms with Crippen LogP contribution in [0.5, 0.6) is 5.75 Å². The summed E-state index contributed by atoms with van der Waals surface area (Å²) >= 11 is 0. The maximum absolute atomic E-state index is 5.90. The molecule has 0 bridgehead atoms. The fourth-order valence-corrected chi connectivity index (χ4v) is 2.55. The molecule has 0 radical (unpaired) electrons. The van der Waals surface area contributed by atoms with Gasteiger partial charge in [0.15, 0.2) is 5.82 Å². The molecule has 1 aromatic heterocycles. The van der Waals surface area contributed by atoms with Crippen molar-refractivity contribution in [1.29, 1.82) is 0 Å². The molecule has 2 aromatic rings. The fraction of sp³-hybridized carbons (Fsp3) is 0.467. The summed E-state index contributed by atoms with van der Waals surface area (Å²) in [6, 6.07) is 10.0. The van der Waals surface area contributed by atoms with Gasteiger partial charge in [0, 0.05) is 18.4 Å². The van der Waals surface area contributed by atoms with Gasteiger partial charge in [0.1, 0.15) is 5.75 Å². The Hall–Kier alpha value is -1.88. The van der Waals surface area contributed by atoms with E-state index in [-0.39, 0.29) is 6.04 Å². The lowest BCUT2D eigenvalue weighted by Crippen LogP contribution is -2.14. The molecular formula is C15H19N3O2. The Balaban J connectivity index is 1.50. The van der Waals surface area contributed by atoms with Crippen LogP contribution in [0.4, 0.5) is 0 Å². The third kappa shape index (κ3) is 3.17. The largest absolute Gasteiger partial charge is 0.493 e. The van der Waals surface area contributed by atoms with Crippen LogP contribution < -0.4 is 10.5 Å². The van der Waals surface area contributed by atoms with E-state index in [4.69, 9.17) is 15.0 Å². The van der Waals surface area contributed by atoms with Crippen LogP contribution in [0.1, 0.15) is 36.9 Å². The molecule has 3 rings (SSSR count). The Morgan fingerprint density at radius 1 is 1.25 bits per heavy atom. The van der Waals surface area contributed by atoms with Crippen molar-refractivity contribution in [2.45, 2.75) is 37.6 Å². The molecule has 2 atom stereocenters. The standard InChI is InChI=1S/C15H19N3O2/c16-12-7-6-11(10-12)15-17-14(18-20-15)8-9-19-13-4-2-1-3-5-13/h1-5,11-12H,6-10,16H2. The van der Waals surface area contributed by atoms with Gasteiger partial charge in [-0.25, -0.2) is 0 Å². The first kappa shape index (κ1) is 13.1. The average Bonchev–Trinajstić information content (AvgIpc) is 3.09. The van der Waals surface area contributed by atoms with Crippen molar-refractivity contribution in [2.75, 3.05) is 6.61 Å². The smallest absolute Gasteiger partial charge is 0.229 e. The summed E-state index contributed by atoms with van der Waals surface area (Å²) in [5.74, 6) is 2.63. The van der Waals surface area contributed by atoms with Crippen LogP contribution >= 0.6 is 0 Å². The first-order valence-corrected chi connectivity index (χ1v) is 7.07.